The van der Waals surface area contributed by atoms with E-state index in [-0.39, 0.29) is 17.9 Å². The number of ether oxygens (including phenoxy) is 1. The first-order chi connectivity index (χ1) is 17.3. The molecule has 0 saturated heterocycles. The molecule has 1 aromatic heterocycles. The molecule has 0 saturated carbocycles. The maximum atomic E-state index is 12.9. The van der Waals surface area contributed by atoms with Crippen LogP contribution in [-0.4, -0.2) is 22.0 Å². The van der Waals surface area contributed by atoms with Crippen molar-refractivity contribution in [1.82, 2.24) is 9.97 Å². The Morgan fingerprint density at radius 3 is 2.67 bits per heavy atom. The first-order valence-corrected chi connectivity index (χ1v) is 11.9. The number of rotatable bonds is 8. The molecule has 1 atom stereocenters. The zero-order chi connectivity index (χ0) is 25.7. The summed E-state index contributed by atoms with van der Waals surface area (Å²) in [5, 5.41) is 16.3. The number of amides is 1. The van der Waals surface area contributed by atoms with E-state index >= 15 is 0 Å². The van der Waals surface area contributed by atoms with Gasteiger partial charge in [0.05, 0.1) is 17.7 Å². The fraction of sp³-hybridized carbons (Fsp3) is 0.241. The Kier molecular flexibility index (Phi) is 7.45. The molecule has 1 amide bonds. The first kappa shape index (κ1) is 24.7. The van der Waals surface area contributed by atoms with Crippen LogP contribution in [0, 0.1) is 24.2 Å². The predicted octanol–water partition coefficient (Wildman–Crippen LogP) is 6.42. The highest BCUT2D eigenvalue weighted by molar-refractivity contribution is 6.04. The number of aromatic nitrogens is 2. The van der Waals surface area contributed by atoms with Crippen molar-refractivity contribution >= 4 is 34.0 Å². The van der Waals surface area contributed by atoms with E-state index in [0.717, 1.165) is 33.5 Å². The lowest BCUT2D eigenvalue weighted by atomic mass is 10.0. The van der Waals surface area contributed by atoms with Crippen LogP contribution in [0.3, 0.4) is 0 Å². The third-order valence-electron chi connectivity index (χ3n) is 5.68. The molecule has 0 bridgehead atoms. The number of benzene rings is 3. The Bertz CT molecular complexity index is 1440. The number of anilines is 3. The van der Waals surface area contributed by atoms with Crippen LogP contribution in [0.5, 0.6) is 5.75 Å². The van der Waals surface area contributed by atoms with E-state index in [1.165, 1.54) is 6.33 Å². The standard InChI is InChI=1S/C29H29N5O2/c1-18(2)36-24-10-11-25-27(15-24)31-17-32-28(25)34-26-14-23(9-8-20(26)4)33-29(35)22-7-5-6-21(13-22)12-19(3)16-30/h5-11,13-15,17-19H,12H2,1-4H3,(H,33,35)(H,31,32,34). The van der Waals surface area contributed by atoms with E-state index in [4.69, 9.17) is 10.00 Å². The summed E-state index contributed by atoms with van der Waals surface area (Å²) in [6, 6.07) is 21.1. The maximum Gasteiger partial charge on any atom is 0.255 e. The van der Waals surface area contributed by atoms with Gasteiger partial charge in [0.2, 0.25) is 0 Å². The molecule has 3 aromatic carbocycles. The molecule has 0 aliphatic rings. The number of fused-ring (bicyclic) bond motifs is 1. The molecule has 0 aliphatic carbocycles. The second kappa shape index (κ2) is 10.9. The number of nitriles is 1. The van der Waals surface area contributed by atoms with Crippen LogP contribution in [0.1, 0.15) is 42.3 Å². The number of aryl methyl sites for hydroxylation is 1. The van der Waals surface area contributed by atoms with Gasteiger partial charge in [0.25, 0.3) is 5.91 Å². The highest BCUT2D eigenvalue weighted by atomic mass is 16.5. The molecule has 182 valence electrons. The van der Waals surface area contributed by atoms with Crippen molar-refractivity contribution in [2.24, 2.45) is 5.92 Å². The van der Waals surface area contributed by atoms with Gasteiger partial charge in [-0.1, -0.05) is 18.2 Å². The lowest BCUT2D eigenvalue weighted by molar-refractivity contribution is 0.102. The second-order valence-electron chi connectivity index (χ2n) is 9.11. The highest BCUT2D eigenvalue weighted by Gasteiger charge is 2.12. The van der Waals surface area contributed by atoms with Gasteiger partial charge in [-0.05, 0) is 81.6 Å². The average molecular weight is 480 g/mol. The van der Waals surface area contributed by atoms with Gasteiger partial charge in [0.15, 0.2) is 0 Å². The molecule has 0 radical (unpaired) electrons. The Labute approximate surface area is 211 Å². The third-order valence-corrected chi connectivity index (χ3v) is 5.68. The molecule has 0 aliphatic heterocycles. The molecule has 7 heteroatoms. The first-order valence-electron chi connectivity index (χ1n) is 11.9. The smallest absolute Gasteiger partial charge is 0.255 e. The summed E-state index contributed by atoms with van der Waals surface area (Å²) in [5.74, 6) is 1.11. The molecule has 0 fully saturated rings. The van der Waals surface area contributed by atoms with Crippen LogP contribution < -0.4 is 15.4 Å². The van der Waals surface area contributed by atoms with Crippen LogP contribution in [0.2, 0.25) is 0 Å². The molecule has 1 heterocycles. The highest BCUT2D eigenvalue weighted by Crippen LogP contribution is 2.29. The summed E-state index contributed by atoms with van der Waals surface area (Å²) >= 11 is 0. The lowest BCUT2D eigenvalue weighted by Crippen LogP contribution is -2.12. The quantitative estimate of drug-likeness (QED) is 0.302. The largest absolute Gasteiger partial charge is 0.491 e. The van der Waals surface area contributed by atoms with Crippen molar-refractivity contribution in [1.29, 1.82) is 5.26 Å². The zero-order valence-corrected chi connectivity index (χ0v) is 20.9. The number of carbonyl (C=O) groups is 1. The number of carbonyl (C=O) groups excluding carboxylic acids is 1. The monoisotopic (exact) mass is 479 g/mol. The Hall–Kier alpha value is -4.44. The normalized spacial score (nSPS) is 11.7. The fourth-order valence-corrected chi connectivity index (χ4v) is 3.89. The third kappa shape index (κ3) is 5.97. The van der Waals surface area contributed by atoms with Gasteiger partial charge in [-0.3, -0.25) is 4.79 Å². The minimum Gasteiger partial charge on any atom is -0.491 e. The van der Waals surface area contributed by atoms with E-state index in [1.54, 1.807) is 6.07 Å². The van der Waals surface area contributed by atoms with E-state index in [0.29, 0.717) is 23.5 Å². The van der Waals surface area contributed by atoms with E-state index in [9.17, 15) is 4.79 Å². The van der Waals surface area contributed by atoms with E-state index in [1.807, 2.05) is 82.3 Å². The van der Waals surface area contributed by atoms with Crippen molar-refractivity contribution in [2.75, 3.05) is 10.6 Å². The minimum atomic E-state index is -0.207. The maximum absolute atomic E-state index is 12.9. The van der Waals surface area contributed by atoms with Gasteiger partial charge in [0.1, 0.15) is 17.9 Å². The molecule has 1 unspecified atom stereocenters. The minimum absolute atomic E-state index is 0.0751. The average Bonchev–Trinajstić information content (AvgIpc) is 2.85. The van der Waals surface area contributed by atoms with Crippen LogP contribution in [0.25, 0.3) is 10.9 Å². The number of hydrogen-bond acceptors (Lipinski definition) is 6. The van der Waals surface area contributed by atoms with Crippen LogP contribution >= 0.6 is 0 Å². The molecular formula is C29H29N5O2. The van der Waals surface area contributed by atoms with Crippen LogP contribution in [0.15, 0.2) is 67.0 Å². The van der Waals surface area contributed by atoms with Crippen molar-refractivity contribution in [3.63, 3.8) is 0 Å². The Morgan fingerprint density at radius 1 is 1.06 bits per heavy atom. The molecule has 7 nitrogen and oxygen atoms in total. The summed E-state index contributed by atoms with van der Waals surface area (Å²) in [7, 11) is 0. The number of nitrogens with one attached hydrogen (secondary N) is 2. The molecule has 2 N–H and O–H groups in total. The summed E-state index contributed by atoms with van der Waals surface area (Å²) < 4.78 is 5.79. The summed E-state index contributed by atoms with van der Waals surface area (Å²) in [6.07, 6.45) is 2.20. The van der Waals surface area contributed by atoms with E-state index in [2.05, 4.69) is 26.7 Å². The fourth-order valence-electron chi connectivity index (χ4n) is 3.89. The van der Waals surface area contributed by atoms with Gasteiger partial charge >= 0.3 is 0 Å². The van der Waals surface area contributed by atoms with Crippen LogP contribution in [0.4, 0.5) is 17.2 Å². The molecule has 36 heavy (non-hydrogen) atoms. The van der Waals surface area contributed by atoms with Crippen LogP contribution in [-0.2, 0) is 6.42 Å². The predicted molar refractivity (Wildman–Crippen MR) is 143 cm³/mol. The van der Waals surface area contributed by atoms with Crippen molar-refractivity contribution in [3.8, 4) is 11.8 Å². The van der Waals surface area contributed by atoms with Crippen molar-refractivity contribution in [3.05, 3.63) is 83.7 Å². The zero-order valence-electron chi connectivity index (χ0n) is 20.9. The summed E-state index contributed by atoms with van der Waals surface area (Å²) in [6.45, 7) is 7.83. The second-order valence-corrected chi connectivity index (χ2v) is 9.11. The van der Waals surface area contributed by atoms with Gasteiger partial charge in [-0.15, -0.1) is 0 Å². The Balaban J connectivity index is 1.54. The Morgan fingerprint density at radius 2 is 1.89 bits per heavy atom. The van der Waals surface area contributed by atoms with Gasteiger partial charge in [-0.25, -0.2) is 9.97 Å². The summed E-state index contributed by atoms with van der Waals surface area (Å²) in [4.78, 5) is 21.8. The molecule has 4 aromatic rings. The molecule has 4 rings (SSSR count). The topological polar surface area (TPSA) is 99.9 Å². The molecule has 0 spiro atoms. The lowest BCUT2D eigenvalue weighted by Gasteiger charge is -2.14. The van der Waals surface area contributed by atoms with E-state index < -0.39 is 0 Å². The SMILES string of the molecule is Cc1ccc(NC(=O)c2cccc(CC(C)C#N)c2)cc1Nc1ncnc2cc(OC(C)C)ccc12. The van der Waals surface area contributed by atoms with Gasteiger partial charge in [-0.2, -0.15) is 5.26 Å². The summed E-state index contributed by atoms with van der Waals surface area (Å²) in [5.41, 5.74) is 4.78. The van der Waals surface area contributed by atoms with Gasteiger partial charge < -0.3 is 15.4 Å². The van der Waals surface area contributed by atoms with Crippen molar-refractivity contribution in [2.45, 2.75) is 40.2 Å². The number of hydrogen-bond donors (Lipinski definition) is 2. The number of nitrogens with zero attached hydrogens (tertiary/aromatic N) is 3. The molecular weight excluding hydrogens is 450 g/mol. The van der Waals surface area contributed by atoms with Gasteiger partial charge in [0, 0.05) is 34.3 Å². The van der Waals surface area contributed by atoms with Crippen molar-refractivity contribution < 1.29 is 9.53 Å².